The normalized spacial score (nSPS) is 11.9. The average molecular weight is 369 g/mol. The van der Waals surface area contributed by atoms with Crippen molar-refractivity contribution in [1.82, 2.24) is 0 Å². The van der Waals surface area contributed by atoms with Crippen LogP contribution in [-0.2, 0) is 22.5 Å². The van der Waals surface area contributed by atoms with Crippen LogP contribution in [0.5, 0.6) is 5.75 Å². The van der Waals surface area contributed by atoms with Gasteiger partial charge in [-0.15, -0.1) is 0 Å². The van der Waals surface area contributed by atoms with E-state index in [4.69, 9.17) is 4.74 Å². The lowest BCUT2D eigenvalue weighted by molar-refractivity contribution is -0.131. The Morgan fingerprint density at radius 1 is 1.00 bits per heavy atom. The summed E-state index contributed by atoms with van der Waals surface area (Å²) in [4.78, 5) is 11.3. The first-order chi connectivity index (χ1) is 12.6. The van der Waals surface area contributed by atoms with Crippen molar-refractivity contribution in [2.45, 2.75) is 13.3 Å². The summed E-state index contributed by atoms with van der Waals surface area (Å²) < 4.78 is 28.5. The first kappa shape index (κ1) is 18.1. The first-order valence-corrected chi connectivity index (χ1v) is 9.25. The molecule has 5 nitrogen and oxygen atoms in total. The van der Waals surface area contributed by atoms with Crippen molar-refractivity contribution in [3.63, 3.8) is 0 Å². The summed E-state index contributed by atoms with van der Waals surface area (Å²) in [5.41, 5.74) is 1.71. The van der Waals surface area contributed by atoms with E-state index in [9.17, 15) is 13.6 Å². The number of ether oxygens (including phenoxy) is 1. The highest BCUT2D eigenvalue weighted by Gasteiger charge is 2.17. The van der Waals surface area contributed by atoms with Crippen LogP contribution in [0.2, 0.25) is 0 Å². The minimum Gasteiger partial charge on any atom is -0.426 e. The lowest BCUT2D eigenvalue weighted by Gasteiger charge is -2.22. The Balaban J connectivity index is 1.97. The second-order valence-electron chi connectivity index (χ2n) is 5.79. The van der Waals surface area contributed by atoms with Gasteiger partial charge in [0.15, 0.2) is 0 Å². The van der Waals surface area contributed by atoms with Crippen molar-refractivity contribution in [3.05, 3.63) is 72.3 Å². The van der Waals surface area contributed by atoms with E-state index in [2.05, 4.69) is 0 Å². The standard InChI is InChI=1S/C20H19NO4S/c1-15(22)25-20-12-6-9-17-18(20)10-5-11-19(17)21(26(23)24)14-13-16-7-3-2-4-8-16/h2-12H,13-14H2,1H3,(H,23,24). The van der Waals surface area contributed by atoms with Gasteiger partial charge in [0.25, 0.3) is 11.3 Å². The second kappa shape index (κ2) is 8.12. The quantitative estimate of drug-likeness (QED) is 0.406. The topological polar surface area (TPSA) is 66.8 Å². The van der Waals surface area contributed by atoms with Gasteiger partial charge in [0.2, 0.25) is 0 Å². The molecule has 0 saturated heterocycles. The zero-order chi connectivity index (χ0) is 18.5. The molecule has 1 N–H and O–H groups in total. The van der Waals surface area contributed by atoms with E-state index in [0.29, 0.717) is 24.4 Å². The van der Waals surface area contributed by atoms with E-state index in [1.54, 1.807) is 24.3 Å². The van der Waals surface area contributed by atoms with E-state index in [0.717, 1.165) is 16.3 Å². The summed E-state index contributed by atoms with van der Waals surface area (Å²) >= 11 is -2.18. The molecule has 0 aliphatic carbocycles. The van der Waals surface area contributed by atoms with E-state index in [-0.39, 0.29) is 0 Å². The zero-order valence-corrected chi connectivity index (χ0v) is 15.1. The molecule has 0 fully saturated rings. The van der Waals surface area contributed by atoms with Crippen LogP contribution in [0.1, 0.15) is 12.5 Å². The number of nitrogens with zero attached hydrogens (tertiary/aromatic N) is 1. The van der Waals surface area contributed by atoms with Crippen LogP contribution in [0.4, 0.5) is 5.69 Å². The average Bonchev–Trinajstić information content (AvgIpc) is 2.62. The van der Waals surface area contributed by atoms with E-state index in [1.807, 2.05) is 42.5 Å². The number of hydrogen-bond acceptors (Lipinski definition) is 3. The predicted molar refractivity (Wildman–Crippen MR) is 104 cm³/mol. The fraction of sp³-hybridized carbons (Fsp3) is 0.150. The molecule has 0 saturated carbocycles. The Morgan fingerprint density at radius 2 is 1.69 bits per heavy atom. The molecule has 26 heavy (non-hydrogen) atoms. The van der Waals surface area contributed by atoms with Crippen LogP contribution in [0.25, 0.3) is 10.8 Å². The summed E-state index contributed by atoms with van der Waals surface area (Å²) in [6.07, 6.45) is 0.632. The number of esters is 1. The Morgan fingerprint density at radius 3 is 2.38 bits per heavy atom. The van der Waals surface area contributed by atoms with Crippen LogP contribution in [0.15, 0.2) is 66.7 Å². The number of fused-ring (bicyclic) bond motifs is 1. The Labute approximate surface area is 154 Å². The molecule has 0 amide bonds. The van der Waals surface area contributed by atoms with Crippen molar-refractivity contribution in [3.8, 4) is 5.75 Å². The van der Waals surface area contributed by atoms with Gasteiger partial charge in [0, 0.05) is 24.2 Å². The molecule has 0 aliphatic rings. The molecule has 0 spiro atoms. The van der Waals surface area contributed by atoms with Gasteiger partial charge in [0.05, 0.1) is 5.69 Å². The molecule has 3 aromatic rings. The van der Waals surface area contributed by atoms with E-state index >= 15 is 0 Å². The number of benzene rings is 3. The molecule has 3 aromatic carbocycles. The summed E-state index contributed by atoms with van der Waals surface area (Å²) in [6.45, 7) is 1.72. The first-order valence-electron chi connectivity index (χ1n) is 8.19. The van der Waals surface area contributed by atoms with Crippen LogP contribution < -0.4 is 9.04 Å². The molecule has 1 unspecified atom stereocenters. The Kier molecular flexibility index (Phi) is 5.65. The Hall–Kier alpha value is -2.70. The lowest BCUT2D eigenvalue weighted by atomic mass is 10.1. The SMILES string of the molecule is CC(=O)Oc1cccc2c(N(CCc3ccccc3)S(=O)O)cccc12. The van der Waals surface area contributed by atoms with E-state index < -0.39 is 17.2 Å². The van der Waals surface area contributed by atoms with Crippen molar-refractivity contribution in [2.75, 3.05) is 10.8 Å². The van der Waals surface area contributed by atoms with Gasteiger partial charge in [-0.2, -0.15) is 0 Å². The monoisotopic (exact) mass is 369 g/mol. The number of carbonyl (C=O) groups excluding carboxylic acids is 1. The molecule has 0 heterocycles. The van der Waals surface area contributed by atoms with Gasteiger partial charge < -0.3 is 4.74 Å². The summed E-state index contributed by atoms with van der Waals surface area (Å²) in [5, 5.41) is 1.47. The summed E-state index contributed by atoms with van der Waals surface area (Å²) in [5.74, 6) is 0.0261. The molecular formula is C20H19NO4S. The van der Waals surface area contributed by atoms with Gasteiger partial charge in [-0.25, -0.2) is 4.21 Å². The molecule has 0 aliphatic heterocycles. The molecule has 0 bridgehead atoms. The van der Waals surface area contributed by atoms with Crippen molar-refractivity contribution >= 4 is 33.7 Å². The van der Waals surface area contributed by atoms with Crippen LogP contribution >= 0.6 is 0 Å². The maximum absolute atomic E-state index is 12.0. The van der Waals surface area contributed by atoms with Gasteiger partial charge in [0.1, 0.15) is 5.75 Å². The van der Waals surface area contributed by atoms with Gasteiger partial charge in [-0.05, 0) is 24.1 Å². The molecule has 1 atom stereocenters. The fourth-order valence-corrected chi connectivity index (χ4v) is 3.46. The molecule has 3 rings (SSSR count). The predicted octanol–water partition coefficient (Wildman–Crippen LogP) is 3.95. The third kappa shape index (κ3) is 4.09. The van der Waals surface area contributed by atoms with Gasteiger partial charge in [-0.3, -0.25) is 13.7 Å². The second-order valence-corrected chi connectivity index (χ2v) is 6.69. The molecule has 0 radical (unpaired) electrons. The number of rotatable bonds is 6. The molecule has 134 valence electrons. The highest BCUT2D eigenvalue weighted by molar-refractivity contribution is 7.80. The third-order valence-corrected chi connectivity index (χ3v) is 4.77. The molecule has 0 aromatic heterocycles. The summed E-state index contributed by atoms with van der Waals surface area (Å²) in [6, 6.07) is 20.5. The fourth-order valence-electron chi connectivity index (χ4n) is 2.88. The Bertz CT molecular complexity index is 943. The van der Waals surface area contributed by atoms with Gasteiger partial charge >= 0.3 is 5.97 Å². The van der Waals surface area contributed by atoms with Crippen LogP contribution in [0, 0.1) is 0 Å². The zero-order valence-electron chi connectivity index (χ0n) is 14.3. The lowest BCUT2D eigenvalue weighted by Crippen LogP contribution is -2.27. The maximum atomic E-state index is 12.0. The number of carbonyl (C=O) groups is 1. The van der Waals surface area contributed by atoms with Crippen molar-refractivity contribution < 1.29 is 18.3 Å². The smallest absolute Gasteiger partial charge is 0.308 e. The third-order valence-electron chi connectivity index (χ3n) is 4.02. The molecule has 6 heteroatoms. The maximum Gasteiger partial charge on any atom is 0.308 e. The minimum absolute atomic E-state index is 0.379. The molecular weight excluding hydrogens is 350 g/mol. The highest BCUT2D eigenvalue weighted by Crippen LogP contribution is 2.33. The number of anilines is 1. The summed E-state index contributed by atoms with van der Waals surface area (Å²) in [7, 11) is 0. The van der Waals surface area contributed by atoms with Crippen LogP contribution in [0.3, 0.4) is 0 Å². The van der Waals surface area contributed by atoms with E-state index in [1.165, 1.54) is 11.2 Å². The minimum atomic E-state index is -2.18. The largest absolute Gasteiger partial charge is 0.426 e. The van der Waals surface area contributed by atoms with Crippen molar-refractivity contribution in [1.29, 1.82) is 0 Å². The van der Waals surface area contributed by atoms with Crippen LogP contribution in [-0.4, -0.2) is 21.3 Å². The van der Waals surface area contributed by atoms with Gasteiger partial charge in [-0.1, -0.05) is 54.6 Å². The highest BCUT2D eigenvalue weighted by atomic mass is 32.2. The van der Waals surface area contributed by atoms with Crippen molar-refractivity contribution in [2.24, 2.45) is 0 Å². The number of hydrogen-bond donors (Lipinski definition) is 1.